The highest BCUT2D eigenvalue weighted by Crippen LogP contribution is 2.13. The van der Waals surface area contributed by atoms with Crippen molar-refractivity contribution >= 4 is 11.6 Å². The highest BCUT2D eigenvalue weighted by atomic mass is 16.1. The van der Waals surface area contributed by atoms with E-state index in [9.17, 15) is 4.79 Å². The molecule has 1 saturated heterocycles. The summed E-state index contributed by atoms with van der Waals surface area (Å²) in [5, 5.41) is 6.01. The molecule has 1 aromatic rings. The Bertz CT molecular complexity index is 443. The van der Waals surface area contributed by atoms with Gasteiger partial charge in [-0.2, -0.15) is 0 Å². The molecule has 1 atom stereocenters. The summed E-state index contributed by atoms with van der Waals surface area (Å²) >= 11 is 0. The van der Waals surface area contributed by atoms with Crippen LogP contribution in [0.15, 0.2) is 18.5 Å². The van der Waals surface area contributed by atoms with E-state index in [0.29, 0.717) is 18.0 Å². The van der Waals surface area contributed by atoms with E-state index >= 15 is 0 Å². The maximum Gasteiger partial charge on any atom is 0.253 e. The van der Waals surface area contributed by atoms with Gasteiger partial charge in [-0.05, 0) is 37.9 Å². The maximum absolute atomic E-state index is 12.2. The van der Waals surface area contributed by atoms with Crippen LogP contribution >= 0.6 is 0 Å². The highest BCUT2D eigenvalue weighted by Gasteiger charge is 2.16. The first kappa shape index (κ1) is 14.8. The minimum Gasteiger partial charge on any atom is -0.386 e. The first-order valence-corrected chi connectivity index (χ1v) is 7.33. The van der Waals surface area contributed by atoms with E-state index in [2.05, 4.69) is 27.4 Å². The fourth-order valence-corrected chi connectivity index (χ4v) is 2.62. The van der Waals surface area contributed by atoms with Crippen molar-refractivity contribution < 1.29 is 4.79 Å². The summed E-state index contributed by atoms with van der Waals surface area (Å²) < 4.78 is 0. The molecule has 5 heteroatoms. The Balaban J connectivity index is 1.82. The van der Waals surface area contributed by atoms with Gasteiger partial charge in [-0.15, -0.1) is 0 Å². The van der Waals surface area contributed by atoms with Gasteiger partial charge in [0.2, 0.25) is 0 Å². The fraction of sp³-hybridized carbons (Fsp3) is 0.600. The van der Waals surface area contributed by atoms with Crippen molar-refractivity contribution in [3.8, 4) is 0 Å². The highest BCUT2D eigenvalue weighted by molar-refractivity contribution is 5.99. The number of hydrogen-bond donors (Lipinski definition) is 2. The van der Waals surface area contributed by atoms with Gasteiger partial charge in [0.25, 0.3) is 5.91 Å². The Morgan fingerprint density at radius 3 is 2.90 bits per heavy atom. The van der Waals surface area contributed by atoms with Gasteiger partial charge in [-0.3, -0.25) is 9.78 Å². The van der Waals surface area contributed by atoms with E-state index in [1.165, 1.54) is 25.9 Å². The van der Waals surface area contributed by atoms with Gasteiger partial charge in [0.1, 0.15) is 0 Å². The number of nitrogens with one attached hydrogen (secondary N) is 2. The largest absolute Gasteiger partial charge is 0.386 e. The van der Waals surface area contributed by atoms with Gasteiger partial charge in [0, 0.05) is 26.3 Å². The molecule has 0 saturated carbocycles. The third-order valence-electron chi connectivity index (χ3n) is 3.71. The van der Waals surface area contributed by atoms with E-state index in [0.717, 1.165) is 12.2 Å². The predicted molar refractivity (Wildman–Crippen MR) is 81.0 cm³/mol. The molecule has 110 valence electrons. The molecule has 1 aliphatic rings. The molecule has 20 heavy (non-hydrogen) atoms. The second kappa shape index (κ2) is 7.24. The van der Waals surface area contributed by atoms with Crippen LogP contribution < -0.4 is 10.6 Å². The smallest absolute Gasteiger partial charge is 0.253 e. The standard InChI is InChI=1S/C15H24N4O/c1-12(11-19-7-3-4-8-19)9-18-15(20)13-5-6-17-10-14(13)16-2/h5-6,10,12,16H,3-4,7-9,11H2,1-2H3,(H,18,20). The van der Waals surface area contributed by atoms with E-state index in [-0.39, 0.29) is 5.91 Å². The van der Waals surface area contributed by atoms with Crippen LogP contribution in [-0.2, 0) is 0 Å². The number of likely N-dealkylation sites (tertiary alicyclic amines) is 1. The number of carbonyl (C=O) groups excluding carboxylic acids is 1. The Morgan fingerprint density at radius 2 is 2.20 bits per heavy atom. The molecule has 2 rings (SSSR count). The molecule has 0 aromatic carbocycles. The third-order valence-corrected chi connectivity index (χ3v) is 3.71. The molecule has 1 aliphatic heterocycles. The molecular formula is C15H24N4O. The zero-order valence-electron chi connectivity index (χ0n) is 12.4. The molecule has 0 radical (unpaired) electrons. The van der Waals surface area contributed by atoms with Crippen LogP contribution in [0.2, 0.25) is 0 Å². The van der Waals surface area contributed by atoms with Crippen molar-refractivity contribution in [2.75, 3.05) is 38.5 Å². The van der Waals surface area contributed by atoms with Gasteiger partial charge >= 0.3 is 0 Å². The molecule has 2 heterocycles. The van der Waals surface area contributed by atoms with Crippen molar-refractivity contribution in [1.82, 2.24) is 15.2 Å². The lowest BCUT2D eigenvalue weighted by atomic mass is 10.1. The maximum atomic E-state index is 12.2. The molecule has 2 N–H and O–H groups in total. The SMILES string of the molecule is CNc1cnccc1C(=O)NCC(C)CN1CCCC1. The Labute approximate surface area is 120 Å². The molecular weight excluding hydrogens is 252 g/mol. The van der Waals surface area contributed by atoms with Crippen molar-refractivity contribution in [2.45, 2.75) is 19.8 Å². The second-order valence-corrected chi connectivity index (χ2v) is 5.49. The van der Waals surface area contributed by atoms with E-state index in [1.807, 2.05) is 0 Å². The van der Waals surface area contributed by atoms with E-state index in [4.69, 9.17) is 0 Å². The zero-order chi connectivity index (χ0) is 14.4. The minimum absolute atomic E-state index is 0.0370. The lowest BCUT2D eigenvalue weighted by Gasteiger charge is -2.20. The molecule has 1 fully saturated rings. The molecule has 0 spiro atoms. The molecule has 1 amide bonds. The number of rotatable bonds is 6. The summed E-state index contributed by atoms with van der Waals surface area (Å²) in [6.07, 6.45) is 5.93. The van der Waals surface area contributed by atoms with Crippen molar-refractivity contribution in [2.24, 2.45) is 5.92 Å². The van der Waals surface area contributed by atoms with Gasteiger partial charge in [0.05, 0.1) is 17.4 Å². The van der Waals surface area contributed by atoms with Crippen LogP contribution in [0.3, 0.4) is 0 Å². The number of carbonyl (C=O) groups is 1. The quantitative estimate of drug-likeness (QED) is 0.828. The number of anilines is 1. The van der Waals surface area contributed by atoms with Gasteiger partial charge in [0.15, 0.2) is 0 Å². The summed E-state index contributed by atoms with van der Waals surface area (Å²) in [7, 11) is 1.80. The number of nitrogens with zero attached hydrogens (tertiary/aromatic N) is 2. The lowest BCUT2D eigenvalue weighted by molar-refractivity contribution is 0.0946. The average molecular weight is 276 g/mol. The van der Waals surface area contributed by atoms with Crippen LogP contribution in [0, 0.1) is 5.92 Å². The second-order valence-electron chi connectivity index (χ2n) is 5.49. The summed E-state index contributed by atoms with van der Waals surface area (Å²) in [4.78, 5) is 18.7. The number of hydrogen-bond acceptors (Lipinski definition) is 4. The average Bonchev–Trinajstić information content (AvgIpc) is 2.97. The summed E-state index contributed by atoms with van der Waals surface area (Å²) in [5.41, 5.74) is 1.41. The van der Waals surface area contributed by atoms with Crippen molar-refractivity contribution in [3.63, 3.8) is 0 Å². The number of amides is 1. The van der Waals surface area contributed by atoms with Crippen molar-refractivity contribution in [3.05, 3.63) is 24.0 Å². The lowest BCUT2D eigenvalue weighted by Crippen LogP contribution is -2.34. The normalized spacial score (nSPS) is 16.9. The van der Waals surface area contributed by atoms with Gasteiger partial charge in [-0.1, -0.05) is 6.92 Å². The van der Waals surface area contributed by atoms with Crippen LogP contribution in [-0.4, -0.2) is 49.0 Å². The van der Waals surface area contributed by atoms with E-state index < -0.39 is 0 Å². The topological polar surface area (TPSA) is 57.3 Å². The summed E-state index contributed by atoms with van der Waals surface area (Å²) in [6, 6.07) is 1.74. The first-order chi connectivity index (χ1) is 9.70. The monoisotopic (exact) mass is 276 g/mol. The molecule has 1 unspecified atom stereocenters. The Hall–Kier alpha value is -1.62. The fourth-order valence-electron chi connectivity index (χ4n) is 2.62. The van der Waals surface area contributed by atoms with Crippen molar-refractivity contribution in [1.29, 1.82) is 0 Å². The third kappa shape index (κ3) is 3.93. The van der Waals surface area contributed by atoms with Gasteiger partial charge in [-0.25, -0.2) is 0 Å². The minimum atomic E-state index is -0.0370. The number of aromatic nitrogens is 1. The molecule has 1 aromatic heterocycles. The Kier molecular flexibility index (Phi) is 5.35. The van der Waals surface area contributed by atoms with Crippen LogP contribution in [0.1, 0.15) is 30.1 Å². The molecule has 0 bridgehead atoms. The summed E-state index contributed by atoms with van der Waals surface area (Å²) in [6.45, 7) is 6.36. The molecule has 0 aliphatic carbocycles. The van der Waals surface area contributed by atoms with Crippen LogP contribution in [0.25, 0.3) is 0 Å². The molecule has 5 nitrogen and oxygen atoms in total. The Morgan fingerprint density at radius 1 is 1.45 bits per heavy atom. The number of pyridine rings is 1. The summed E-state index contributed by atoms with van der Waals surface area (Å²) in [5.74, 6) is 0.432. The predicted octanol–water partition coefficient (Wildman–Crippen LogP) is 1.58. The van der Waals surface area contributed by atoms with Crippen LogP contribution in [0.4, 0.5) is 5.69 Å². The first-order valence-electron chi connectivity index (χ1n) is 7.33. The zero-order valence-corrected chi connectivity index (χ0v) is 12.4. The van der Waals surface area contributed by atoms with Crippen LogP contribution in [0.5, 0.6) is 0 Å². The van der Waals surface area contributed by atoms with E-state index in [1.54, 1.807) is 25.5 Å². The van der Waals surface area contributed by atoms with Gasteiger partial charge < -0.3 is 15.5 Å².